The smallest absolute Gasteiger partial charge is 0.169 e. The molecule has 0 nitrogen and oxygen atoms in total. The molecule has 0 amide bonds. The highest BCUT2D eigenvalue weighted by molar-refractivity contribution is 6.28. The molecule has 0 saturated heterocycles. The van der Waals surface area contributed by atoms with Crippen molar-refractivity contribution in [3.05, 3.63) is 0 Å². The van der Waals surface area contributed by atoms with E-state index >= 15 is 0 Å². The fourth-order valence-corrected chi connectivity index (χ4v) is 0.262. The Bertz CT molecular complexity index is 69.4. The molecule has 0 bridgehead atoms. The van der Waals surface area contributed by atoms with Gasteiger partial charge in [-0.3, -0.25) is 0 Å². The predicted molar refractivity (Wildman–Crippen MR) is 26.4 cm³/mol. The summed E-state index contributed by atoms with van der Waals surface area (Å²) in [7, 11) is 0. The van der Waals surface area contributed by atoms with Gasteiger partial charge in [-0.2, -0.15) is 13.2 Å². The summed E-state index contributed by atoms with van der Waals surface area (Å²) in [5, 5.41) is -1.91. The molecule has 0 aliphatic carbocycles. The highest BCUT2D eigenvalue weighted by atomic mass is 35.5. The molecule has 0 rings (SSSR count). The molecule has 8 heavy (non-hydrogen) atoms. The summed E-state index contributed by atoms with van der Waals surface area (Å²) < 4.78 is 33.7. The third-order valence-electron chi connectivity index (χ3n) is 0.491. The van der Waals surface area contributed by atoms with Crippen LogP contribution in [0.1, 0.15) is 0 Å². The Balaban J connectivity index is 3.62. The lowest BCUT2D eigenvalue weighted by Gasteiger charge is -2.08. The summed E-state index contributed by atoms with van der Waals surface area (Å²) >= 11 is 9.47. The van der Waals surface area contributed by atoms with Crippen molar-refractivity contribution in [2.45, 2.75) is 11.6 Å². The minimum absolute atomic E-state index is 0.592. The van der Waals surface area contributed by atoms with Gasteiger partial charge in [0.2, 0.25) is 0 Å². The molecule has 0 unspecified atom stereocenters. The van der Waals surface area contributed by atoms with Crippen LogP contribution < -0.4 is 0 Å². The van der Waals surface area contributed by atoms with Crippen molar-refractivity contribution in [3.63, 3.8) is 0 Å². The zero-order chi connectivity index (χ0) is 6.78. The molecular weight excluding hydrogens is 164 g/mol. The first-order valence-corrected chi connectivity index (χ1v) is 2.72. The van der Waals surface area contributed by atoms with Crippen molar-refractivity contribution in [2.24, 2.45) is 0 Å². The van der Waals surface area contributed by atoms with Gasteiger partial charge >= 0.3 is 6.18 Å². The summed E-state index contributed by atoms with van der Waals surface area (Å²) in [6, 6.07) is 0. The van der Waals surface area contributed by atoms with Crippen LogP contribution in [0.4, 0.5) is 13.2 Å². The van der Waals surface area contributed by atoms with E-state index < -0.39 is 17.4 Å². The zero-order valence-corrected chi connectivity index (χ0v) is 5.19. The van der Waals surface area contributed by atoms with Crippen molar-refractivity contribution in [3.8, 4) is 0 Å². The van der Waals surface area contributed by atoms with Crippen LogP contribution in [0, 0.1) is 0 Å². The Morgan fingerprint density at radius 1 is 1.38 bits per heavy atom. The first kappa shape index (κ1) is 8.37. The van der Waals surface area contributed by atoms with Gasteiger partial charge in [-0.15, -0.1) is 23.2 Å². The molecule has 0 saturated carbocycles. The first-order valence-electron chi connectivity index (χ1n) is 1.75. The Morgan fingerprint density at radius 2 is 1.75 bits per heavy atom. The second-order valence-corrected chi connectivity index (χ2v) is 2.00. The molecule has 0 aromatic carbocycles. The molecule has 0 N–H and O–H groups in total. The molecule has 0 heterocycles. The standard InChI is InChI=1S/C3H3Cl2F3/c4-1-2(5)3(6,7)8/h2H,1H2/t2-/m1/s1. The average Bonchev–Trinajstić information content (AvgIpc) is 1.62. The second kappa shape index (κ2) is 2.78. The quantitative estimate of drug-likeness (QED) is 0.526. The summed E-state index contributed by atoms with van der Waals surface area (Å²) in [6.07, 6.45) is -4.36. The highest BCUT2D eigenvalue weighted by Crippen LogP contribution is 2.25. The monoisotopic (exact) mass is 166 g/mol. The number of halogens is 5. The van der Waals surface area contributed by atoms with Crippen molar-refractivity contribution in [1.29, 1.82) is 0 Å². The van der Waals surface area contributed by atoms with Crippen molar-refractivity contribution in [2.75, 3.05) is 5.88 Å². The van der Waals surface area contributed by atoms with Gasteiger partial charge in [-0.05, 0) is 0 Å². The molecule has 0 aliphatic rings. The number of rotatable bonds is 1. The summed E-state index contributed by atoms with van der Waals surface area (Å²) in [6.45, 7) is 0. The maximum Gasteiger partial charge on any atom is 0.406 e. The van der Waals surface area contributed by atoms with Gasteiger partial charge in [0.05, 0.1) is 0 Å². The number of hydrogen-bond donors (Lipinski definition) is 0. The maximum absolute atomic E-state index is 11.2. The van der Waals surface area contributed by atoms with E-state index in [-0.39, 0.29) is 0 Å². The van der Waals surface area contributed by atoms with Gasteiger partial charge in [0.1, 0.15) is 5.38 Å². The van der Waals surface area contributed by atoms with Crippen LogP contribution in [-0.2, 0) is 0 Å². The van der Waals surface area contributed by atoms with Gasteiger partial charge in [-0.25, -0.2) is 0 Å². The lowest BCUT2D eigenvalue weighted by Crippen LogP contribution is -2.24. The predicted octanol–water partition coefficient (Wildman–Crippen LogP) is 2.39. The minimum atomic E-state index is -4.36. The van der Waals surface area contributed by atoms with Gasteiger partial charge < -0.3 is 0 Å². The Hall–Kier alpha value is 0.370. The molecule has 50 valence electrons. The fraction of sp³-hybridized carbons (Fsp3) is 1.00. The Kier molecular flexibility index (Phi) is 2.91. The van der Waals surface area contributed by atoms with Crippen LogP contribution in [0.2, 0.25) is 0 Å². The van der Waals surface area contributed by atoms with Crippen molar-refractivity contribution < 1.29 is 13.2 Å². The molecule has 0 aromatic rings. The number of alkyl halides is 5. The molecule has 0 fully saturated rings. The summed E-state index contributed by atoms with van der Waals surface area (Å²) in [5.41, 5.74) is 0. The third-order valence-corrected chi connectivity index (χ3v) is 1.36. The summed E-state index contributed by atoms with van der Waals surface area (Å²) in [4.78, 5) is 0. The van der Waals surface area contributed by atoms with E-state index in [0.29, 0.717) is 0 Å². The Labute approximate surface area is 54.6 Å². The molecule has 1 atom stereocenters. The zero-order valence-electron chi connectivity index (χ0n) is 3.67. The minimum Gasteiger partial charge on any atom is -0.169 e. The maximum atomic E-state index is 11.2. The lowest BCUT2D eigenvalue weighted by molar-refractivity contribution is -0.126. The van der Waals surface area contributed by atoms with Gasteiger partial charge in [-0.1, -0.05) is 0 Å². The second-order valence-electron chi connectivity index (χ2n) is 1.16. The van der Waals surface area contributed by atoms with Crippen LogP contribution in [0.3, 0.4) is 0 Å². The van der Waals surface area contributed by atoms with Crippen LogP contribution in [0.25, 0.3) is 0 Å². The molecule has 0 aromatic heterocycles. The van der Waals surface area contributed by atoms with E-state index in [1.807, 2.05) is 0 Å². The largest absolute Gasteiger partial charge is 0.406 e. The lowest BCUT2D eigenvalue weighted by atomic mass is 10.5. The average molecular weight is 167 g/mol. The third kappa shape index (κ3) is 2.62. The fourth-order valence-electron chi connectivity index (χ4n) is 0.0875. The molecule has 0 aliphatic heterocycles. The van der Waals surface area contributed by atoms with Crippen LogP contribution in [-0.4, -0.2) is 17.4 Å². The first-order chi connectivity index (χ1) is 3.48. The summed E-state index contributed by atoms with van der Waals surface area (Å²) in [5.74, 6) is -0.592. The topological polar surface area (TPSA) is 0 Å². The van der Waals surface area contributed by atoms with E-state index in [1.54, 1.807) is 0 Å². The van der Waals surface area contributed by atoms with Gasteiger partial charge in [0, 0.05) is 5.88 Å². The Morgan fingerprint density at radius 3 is 1.75 bits per heavy atom. The van der Waals surface area contributed by atoms with Crippen LogP contribution >= 0.6 is 23.2 Å². The molecular formula is C3H3Cl2F3. The van der Waals surface area contributed by atoms with Crippen LogP contribution in [0.5, 0.6) is 0 Å². The van der Waals surface area contributed by atoms with Crippen molar-refractivity contribution >= 4 is 23.2 Å². The van der Waals surface area contributed by atoms with E-state index in [2.05, 4.69) is 11.6 Å². The SMILES string of the molecule is FC(F)(F)[C@H](Cl)CCl. The van der Waals surface area contributed by atoms with Crippen molar-refractivity contribution in [1.82, 2.24) is 0 Å². The highest BCUT2D eigenvalue weighted by Gasteiger charge is 2.37. The molecule has 0 spiro atoms. The normalized spacial score (nSPS) is 16.1. The van der Waals surface area contributed by atoms with E-state index in [0.717, 1.165) is 0 Å². The molecule has 5 heteroatoms. The number of hydrogen-bond acceptors (Lipinski definition) is 0. The van der Waals surface area contributed by atoms with E-state index in [4.69, 9.17) is 11.6 Å². The van der Waals surface area contributed by atoms with Crippen LogP contribution in [0.15, 0.2) is 0 Å². The van der Waals surface area contributed by atoms with E-state index in [1.165, 1.54) is 0 Å². The molecule has 0 radical (unpaired) electrons. The van der Waals surface area contributed by atoms with Gasteiger partial charge in [0.15, 0.2) is 0 Å². The van der Waals surface area contributed by atoms with E-state index in [9.17, 15) is 13.2 Å². The van der Waals surface area contributed by atoms with Gasteiger partial charge in [0.25, 0.3) is 0 Å².